The summed E-state index contributed by atoms with van der Waals surface area (Å²) in [6.45, 7) is 1.10. The molecule has 2 rings (SSSR count). The van der Waals surface area contributed by atoms with E-state index in [4.69, 9.17) is 19.3 Å². The summed E-state index contributed by atoms with van der Waals surface area (Å²) in [6.07, 6.45) is 0.185. The van der Waals surface area contributed by atoms with E-state index in [9.17, 15) is 14.4 Å². The van der Waals surface area contributed by atoms with Gasteiger partial charge in [0, 0.05) is 17.6 Å². The lowest BCUT2D eigenvalue weighted by Crippen LogP contribution is -2.26. The Morgan fingerprint density at radius 3 is 2.32 bits per heavy atom. The van der Waals surface area contributed by atoms with Crippen molar-refractivity contribution in [3.05, 3.63) is 52.5 Å². The molecule has 0 fully saturated rings. The highest BCUT2D eigenvalue weighted by molar-refractivity contribution is 6.23. The van der Waals surface area contributed by atoms with Gasteiger partial charge in [0.05, 0.1) is 14.2 Å². The highest BCUT2D eigenvalue weighted by Crippen LogP contribution is 2.28. The number of hydrogen-bond acceptors (Lipinski definition) is 6. The van der Waals surface area contributed by atoms with Crippen LogP contribution in [-0.2, 0) is 30.3 Å². The van der Waals surface area contributed by atoms with E-state index in [1.54, 1.807) is 31.2 Å². The molecule has 1 aromatic carbocycles. The first-order chi connectivity index (χ1) is 11.9. The molecule has 7 heteroatoms. The molecule has 1 aliphatic rings. The van der Waals surface area contributed by atoms with E-state index in [1.807, 2.05) is 0 Å². The first kappa shape index (κ1) is 18.3. The van der Waals surface area contributed by atoms with Crippen LogP contribution in [0.5, 0.6) is 5.75 Å². The van der Waals surface area contributed by atoms with Crippen molar-refractivity contribution < 1.29 is 33.7 Å². The van der Waals surface area contributed by atoms with Crippen LogP contribution in [0, 0.1) is 0 Å². The number of hydrogen-bond donors (Lipinski definition) is 1. The average molecular weight is 346 g/mol. The number of rotatable bonds is 7. The maximum absolute atomic E-state index is 12.6. The Morgan fingerprint density at radius 2 is 1.72 bits per heavy atom. The Bertz CT molecular complexity index is 786. The Hall–Kier alpha value is -3.09. The van der Waals surface area contributed by atoms with Crippen LogP contribution >= 0.6 is 0 Å². The van der Waals surface area contributed by atoms with Crippen LogP contribution in [0.3, 0.4) is 0 Å². The average Bonchev–Trinajstić information content (AvgIpc) is 2.60. The van der Waals surface area contributed by atoms with Crippen LogP contribution in [-0.4, -0.2) is 43.5 Å². The summed E-state index contributed by atoms with van der Waals surface area (Å²) >= 11 is 0. The fourth-order valence-electron chi connectivity index (χ4n) is 2.50. The minimum Gasteiger partial charge on any atom is -0.489 e. The number of benzene rings is 1. The molecule has 0 aromatic heterocycles. The molecule has 132 valence electrons. The van der Waals surface area contributed by atoms with Gasteiger partial charge in [-0.1, -0.05) is 12.1 Å². The molecule has 0 spiro atoms. The molecule has 0 aliphatic heterocycles. The molecular weight excluding hydrogens is 328 g/mol. The quantitative estimate of drug-likeness (QED) is 0.750. The Kier molecular flexibility index (Phi) is 5.59. The summed E-state index contributed by atoms with van der Waals surface area (Å²) in [6, 6.07) is 6.69. The Balaban J connectivity index is 2.29. The highest BCUT2D eigenvalue weighted by Gasteiger charge is 2.34. The van der Waals surface area contributed by atoms with E-state index in [0.717, 1.165) is 0 Å². The second kappa shape index (κ2) is 7.65. The predicted molar refractivity (Wildman–Crippen MR) is 87.0 cm³/mol. The number of methoxy groups -OCH3 is 2. The van der Waals surface area contributed by atoms with Gasteiger partial charge in [-0.15, -0.1) is 0 Å². The summed E-state index contributed by atoms with van der Waals surface area (Å²) in [7, 11) is 2.61. The molecule has 1 aromatic rings. The molecule has 7 nitrogen and oxygen atoms in total. The number of carbonyl (C=O) groups excluding carboxylic acids is 2. The second-order valence-corrected chi connectivity index (χ2v) is 5.33. The van der Waals surface area contributed by atoms with Crippen LogP contribution in [0.25, 0.3) is 0 Å². The molecule has 0 bridgehead atoms. The first-order valence-electron chi connectivity index (χ1n) is 7.44. The number of carbonyl (C=O) groups is 3. The lowest BCUT2D eigenvalue weighted by molar-refractivity contribution is -0.139. The molecule has 1 aliphatic carbocycles. The minimum absolute atomic E-state index is 0.104. The number of carboxylic acid groups (broad SMARTS) is 1. The molecule has 25 heavy (non-hydrogen) atoms. The van der Waals surface area contributed by atoms with E-state index in [2.05, 4.69) is 0 Å². The van der Waals surface area contributed by atoms with Gasteiger partial charge < -0.3 is 19.3 Å². The van der Waals surface area contributed by atoms with Crippen molar-refractivity contribution in [3.8, 4) is 5.75 Å². The van der Waals surface area contributed by atoms with Crippen LogP contribution < -0.4 is 4.74 Å². The van der Waals surface area contributed by atoms with Crippen molar-refractivity contribution in [2.75, 3.05) is 20.8 Å². The van der Waals surface area contributed by atoms with E-state index < -0.39 is 24.1 Å². The Morgan fingerprint density at radius 1 is 1.08 bits per heavy atom. The third-order valence-electron chi connectivity index (χ3n) is 3.74. The molecule has 0 heterocycles. The molecule has 0 saturated carbocycles. The smallest absolute Gasteiger partial charge is 0.341 e. The number of ether oxygens (including phenoxy) is 3. The van der Waals surface area contributed by atoms with Crippen molar-refractivity contribution in [2.24, 2.45) is 0 Å². The normalized spacial score (nSPS) is 14.7. The highest BCUT2D eigenvalue weighted by atomic mass is 16.5. The van der Waals surface area contributed by atoms with E-state index >= 15 is 0 Å². The van der Waals surface area contributed by atoms with Gasteiger partial charge in [-0.3, -0.25) is 9.59 Å². The number of allylic oxidation sites excluding steroid dienone is 2. The third-order valence-corrected chi connectivity index (χ3v) is 3.74. The maximum atomic E-state index is 12.6. The number of ketones is 2. The summed E-state index contributed by atoms with van der Waals surface area (Å²) in [4.78, 5) is 35.5. The standard InChI is InChI=1S/C18H18O7/c1-10-13(16(22)18(24-3)17(23-2)15(10)21)8-11-5-4-6-12(7-11)25-9-14(19)20/h4-7H,8-9H2,1-3H3,(H,19,20). The SMILES string of the molecule is COC1=C(OC)C(=O)C(Cc2cccc(OCC(=O)O)c2)=C(C)C1=O. The predicted octanol–water partition coefficient (Wildman–Crippen LogP) is 1.67. The van der Waals surface area contributed by atoms with E-state index in [1.165, 1.54) is 14.2 Å². The molecule has 0 amide bonds. The van der Waals surface area contributed by atoms with Gasteiger partial charge in [0.2, 0.25) is 23.1 Å². The molecule has 1 N–H and O–H groups in total. The summed E-state index contributed by atoms with van der Waals surface area (Å²) in [5.41, 5.74) is 1.30. The van der Waals surface area contributed by atoms with Crippen molar-refractivity contribution in [1.82, 2.24) is 0 Å². The zero-order chi connectivity index (χ0) is 18.6. The third kappa shape index (κ3) is 3.88. The van der Waals surface area contributed by atoms with Gasteiger partial charge in [-0.05, 0) is 24.6 Å². The zero-order valence-electron chi connectivity index (χ0n) is 14.1. The van der Waals surface area contributed by atoms with Crippen LogP contribution in [0.1, 0.15) is 12.5 Å². The van der Waals surface area contributed by atoms with Crippen molar-refractivity contribution in [3.63, 3.8) is 0 Å². The summed E-state index contributed by atoms with van der Waals surface area (Å²) in [5, 5.41) is 8.66. The first-order valence-corrected chi connectivity index (χ1v) is 7.44. The van der Waals surface area contributed by atoms with Crippen LogP contribution in [0.4, 0.5) is 0 Å². The fraction of sp³-hybridized carbons (Fsp3) is 0.278. The lowest BCUT2D eigenvalue weighted by atomic mass is 9.89. The van der Waals surface area contributed by atoms with Crippen molar-refractivity contribution in [1.29, 1.82) is 0 Å². The summed E-state index contributed by atoms with van der Waals surface area (Å²) < 4.78 is 15.2. The molecule has 0 atom stereocenters. The second-order valence-electron chi connectivity index (χ2n) is 5.33. The van der Waals surface area contributed by atoms with Crippen molar-refractivity contribution >= 4 is 17.5 Å². The number of Topliss-reactive ketones (excluding diaryl/α,β-unsaturated/α-hetero) is 2. The molecule has 0 radical (unpaired) electrons. The van der Waals surface area contributed by atoms with Crippen LogP contribution in [0.15, 0.2) is 46.9 Å². The van der Waals surface area contributed by atoms with E-state index in [-0.39, 0.29) is 17.9 Å². The number of carboxylic acids is 1. The fourth-order valence-corrected chi connectivity index (χ4v) is 2.50. The Labute approximate surface area is 144 Å². The zero-order valence-corrected chi connectivity index (χ0v) is 14.1. The van der Waals surface area contributed by atoms with Gasteiger partial charge in [0.15, 0.2) is 6.61 Å². The van der Waals surface area contributed by atoms with Gasteiger partial charge >= 0.3 is 5.97 Å². The molecule has 0 unspecified atom stereocenters. The summed E-state index contributed by atoms with van der Waals surface area (Å²) in [5.74, 6) is -1.74. The minimum atomic E-state index is -1.08. The lowest BCUT2D eigenvalue weighted by Gasteiger charge is -2.20. The molecular formula is C18H18O7. The van der Waals surface area contributed by atoms with Gasteiger partial charge in [-0.2, -0.15) is 0 Å². The number of aliphatic carboxylic acids is 1. The maximum Gasteiger partial charge on any atom is 0.341 e. The van der Waals surface area contributed by atoms with E-state index in [0.29, 0.717) is 22.5 Å². The topological polar surface area (TPSA) is 99.1 Å². The van der Waals surface area contributed by atoms with Gasteiger partial charge in [-0.25, -0.2) is 4.79 Å². The largest absolute Gasteiger partial charge is 0.489 e. The van der Waals surface area contributed by atoms with Crippen molar-refractivity contribution in [2.45, 2.75) is 13.3 Å². The molecule has 0 saturated heterocycles. The van der Waals surface area contributed by atoms with Gasteiger partial charge in [0.25, 0.3) is 0 Å². The monoisotopic (exact) mass is 346 g/mol. The van der Waals surface area contributed by atoms with Crippen LogP contribution in [0.2, 0.25) is 0 Å². The van der Waals surface area contributed by atoms with Gasteiger partial charge in [0.1, 0.15) is 5.75 Å².